The number of benzene rings is 2. The Bertz CT molecular complexity index is 691. The van der Waals surface area contributed by atoms with Crippen molar-refractivity contribution in [2.24, 2.45) is 0 Å². The quantitative estimate of drug-likeness (QED) is 0.815. The topological polar surface area (TPSA) is 56.8 Å². The lowest BCUT2D eigenvalue weighted by molar-refractivity contribution is -0.122. The van der Waals surface area contributed by atoms with Crippen molar-refractivity contribution < 1.29 is 19.0 Å². The summed E-state index contributed by atoms with van der Waals surface area (Å²) in [6.07, 6.45) is -0.106. The van der Waals surface area contributed by atoms with E-state index in [0.29, 0.717) is 34.4 Å². The van der Waals surface area contributed by atoms with E-state index in [1.807, 2.05) is 25.1 Å². The maximum atomic E-state index is 12.5. The minimum Gasteiger partial charge on any atom is -0.495 e. The maximum Gasteiger partial charge on any atom is 0.265 e. The Morgan fingerprint density at radius 1 is 1.12 bits per heavy atom. The van der Waals surface area contributed by atoms with E-state index in [1.54, 1.807) is 24.3 Å². The molecule has 24 heavy (non-hydrogen) atoms. The molecule has 2 aromatic rings. The van der Waals surface area contributed by atoms with Crippen LogP contribution in [-0.4, -0.2) is 26.2 Å². The molecular formula is C18H20ClNO4. The number of para-hydroxylation sites is 1. The van der Waals surface area contributed by atoms with E-state index in [-0.39, 0.29) is 5.91 Å². The van der Waals surface area contributed by atoms with Gasteiger partial charge < -0.3 is 19.5 Å². The predicted molar refractivity (Wildman–Crippen MR) is 94.3 cm³/mol. The fourth-order valence-electron chi connectivity index (χ4n) is 2.16. The van der Waals surface area contributed by atoms with Crippen LogP contribution >= 0.6 is 11.6 Å². The molecule has 0 heterocycles. The molecule has 1 N–H and O–H groups in total. The zero-order valence-electron chi connectivity index (χ0n) is 13.8. The van der Waals surface area contributed by atoms with Gasteiger partial charge in [-0.25, -0.2) is 0 Å². The summed E-state index contributed by atoms with van der Waals surface area (Å²) in [7, 11) is 3.02. The van der Waals surface area contributed by atoms with Crippen LogP contribution in [-0.2, 0) is 4.79 Å². The Morgan fingerprint density at radius 2 is 1.79 bits per heavy atom. The molecular weight excluding hydrogens is 330 g/mol. The van der Waals surface area contributed by atoms with Gasteiger partial charge in [-0.05, 0) is 24.6 Å². The van der Waals surface area contributed by atoms with E-state index in [4.69, 9.17) is 25.8 Å². The Hall–Kier alpha value is -2.40. The number of hydrogen-bond donors (Lipinski definition) is 1. The third kappa shape index (κ3) is 4.32. The van der Waals surface area contributed by atoms with Crippen LogP contribution in [0.2, 0.25) is 5.02 Å². The molecule has 0 aliphatic rings. The summed E-state index contributed by atoms with van der Waals surface area (Å²) in [6, 6.07) is 12.4. The average Bonchev–Trinajstić information content (AvgIpc) is 2.60. The third-order valence-electron chi connectivity index (χ3n) is 3.42. The summed E-state index contributed by atoms with van der Waals surface area (Å²) in [5, 5.41) is 3.18. The van der Waals surface area contributed by atoms with Gasteiger partial charge in [0.2, 0.25) is 0 Å². The van der Waals surface area contributed by atoms with Crippen LogP contribution in [0.5, 0.6) is 17.2 Å². The molecule has 2 aromatic carbocycles. The van der Waals surface area contributed by atoms with Gasteiger partial charge in [-0.3, -0.25) is 4.79 Å². The molecule has 0 saturated carbocycles. The van der Waals surface area contributed by atoms with E-state index >= 15 is 0 Å². The lowest BCUT2D eigenvalue weighted by Gasteiger charge is -2.19. The van der Waals surface area contributed by atoms with Crippen molar-refractivity contribution >= 4 is 23.2 Å². The molecule has 0 bridgehead atoms. The SMILES string of the molecule is CC[C@H](Oc1ccccc1)C(=O)Nc1cc(Cl)c(OC)cc1OC. The molecule has 2 rings (SSSR count). The first-order chi connectivity index (χ1) is 11.6. The number of carbonyl (C=O) groups excluding carboxylic acids is 1. The molecule has 0 aliphatic heterocycles. The zero-order valence-corrected chi connectivity index (χ0v) is 14.6. The number of rotatable bonds is 7. The fourth-order valence-corrected chi connectivity index (χ4v) is 2.40. The van der Waals surface area contributed by atoms with Crippen LogP contribution in [0.3, 0.4) is 0 Å². The first-order valence-corrected chi connectivity index (χ1v) is 7.91. The summed E-state index contributed by atoms with van der Waals surface area (Å²) >= 11 is 6.12. The zero-order chi connectivity index (χ0) is 17.5. The third-order valence-corrected chi connectivity index (χ3v) is 3.71. The number of methoxy groups -OCH3 is 2. The first kappa shape index (κ1) is 17.9. The number of amides is 1. The van der Waals surface area contributed by atoms with Crippen molar-refractivity contribution in [3.8, 4) is 17.2 Å². The Balaban J connectivity index is 2.16. The van der Waals surface area contributed by atoms with E-state index in [0.717, 1.165) is 0 Å². The van der Waals surface area contributed by atoms with Crippen molar-refractivity contribution in [3.63, 3.8) is 0 Å². The molecule has 0 aromatic heterocycles. The van der Waals surface area contributed by atoms with Crippen molar-refractivity contribution in [2.75, 3.05) is 19.5 Å². The number of halogens is 1. The molecule has 1 amide bonds. The van der Waals surface area contributed by atoms with E-state index in [2.05, 4.69) is 5.32 Å². The molecule has 128 valence electrons. The van der Waals surface area contributed by atoms with Crippen LogP contribution < -0.4 is 19.5 Å². The van der Waals surface area contributed by atoms with Gasteiger partial charge in [0, 0.05) is 6.07 Å². The van der Waals surface area contributed by atoms with Gasteiger partial charge in [-0.1, -0.05) is 36.7 Å². The smallest absolute Gasteiger partial charge is 0.265 e. The van der Waals surface area contributed by atoms with E-state index in [1.165, 1.54) is 14.2 Å². The van der Waals surface area contributed by atoms with Crippen molar-refractivity contribution in [1.82, 2.24) is 0 Å². The highest BCUT2D eigenvalue weighted by molar-refractivity contribution is 6.32. The normalized spacial score (nSPS) is 11.5. The van der Waals surface area contributed by atoms with Crippen LogP contribution in [0.1, 0.15) is 13.3 Å². The molecule has 0 fully saturated rings. The number of ether oxygens (including phenoxy) is 3. The second-order valence-corrected chi connectivity index (χ2v) is 5.41. The molecule has 0 spiro atoms. The number of anilines is 1. The summed E-state index contributed by atoms with van der Waals surface area (Å²) in [4.78, 5) is 12.5. The Labute approximate surface area is 146 Å². The predicted octanol–water partition coefficient (Wildman–Crippen LogP) is 4.15. The standard InChI is InChI=1S/C18H20ClNO4/c1-4-15(24-12-8-6-5-7-9-12)18(21)20-14-10-13(19)16(22-2)11-17(14)23-3/h5-11,15H,4H2,1-3H3,(H,20,21)/t15-/m0/s1. The molecule has 6 heteroatoms. The van der Waals surface area contributed by atoms with Crippen molar-refractivity contribution in [2.45, 2.75) is 19.4 Å². The second kappa shape index (κ2) is 8.45. The van der Waals surface area contributed by atoms with Crippen LogP contribution in [0, 0.1) is 0 Å². The highest BCUT2D eigenvalue weighted by atomic mass is 35.5. The summed E-state index contributed by atoms with van der Waals surface area (Å²) in [5.41, 5.74) is 0.461. The van der Waals surface area contributed by atoms with Gasteiger partial charge in [0.25, 0.3) is 5.91 Å². The largest absolute Gasteiger partial charge is 0.495 e. The molecule has 0 aliphatic carbocycles. The molecule has 5 nitrogen and oxygen atoms in total. The summed E-state index contributed by atoms with van der Waals surface area (Å²) in [6.45, 7) is 1.88. The second-order valence-electron chi connectivity index (χ2n) is 5.00. The lowest BCUT2D eigenvalue weighted by atomic mass is 10.2. The minimum atomic E-state index is -0.627. The van der Waals surface area contributed by atoms with E-state index in [9.17, 15) is 4.79 Å². The van der Waals surface area contributed by atoms with Gasteiger partial charge in [0.15, 0.2) is 6.10 Å². The van der Waals surface area contributed by atoms with Crippen LogP contribution in [0.4, 0.5) is 5.69 Å². The number of hydrogen-bond acceptors (Lipinski definition) is 4. The molecule has 0 radical (unpaired) electrons. The lowest BCUT2D eigenvalue weighted by Crippen LogP contribution is -2.32. The average molecular weight is 350 g/mol. The number of carbonyl (C=O) groups is 1. The Kier molecular flexibility index (Phi) is 6.32. The minimum absolute atomic E-state index is 0.277. The highest BCUT2D eigenvalue weighted by Gasteiger charge is 2.21. The van der Waals surface area contributed by atoms with E-state index < -0.39 is 6.10 Å². The van der Waals surface area contributed by atoms with Gasteiger partial charge in [-0.2, -0.15) is 0 Å². The maximum absolute atomic E-state index is 12.5. The van der Waals surface area contributed by atoms with Crippen molar-refractivity contribution in [1.29, 1.82) is 0 Å². The monoisotopic (exact) mass is 349 g/mol. The van der Waals surface area contributed by atoms with Gasteiger partial charge in [0.05, 0.1) is 24.9 Å². The Morgan fingerprint density at radius 3 is 2.38 bits per heavy atom. The molecule has 0 saturated heterocycles. The van der Waals surface area contributed by atoms with Crippen LogP contribution in [0.25, 0.3) is 0 Å². The van der Waals surface area contributed by atoms with Gasteiger partial charge >= 0.3 is 0 Å². The molecule has 0 unspecified atom stereocenters. The number of nitrogens with one attached hydrogen (secondary N) is 1. The molecule has 1 atom stereocenters. The fraction of sp³-hybridized carbons (Fsp3) is 0.278. The van der Waals surface area contributed by atoms with Crippen molar-refractivity contribution in [3.05, 3.63) is 47.5 Å². The first-order valence-electron chi connectivity index (χ1n) is 7.53. The van der Waals surface area contributed by atoms with Gasteiger partial charge in [-0.15, -0.1) is 0 Å². The van der Waals surface area contributed by atoms with Gasteiger partial charge in [0.1, 0.15) is 17.2 Å². The summed E-state index contributed by atoms with van der Waals surface area (Å²) < 4.78 is 16.2. The van der Waals surface area contributed by atoms with Crippen LogP contribution in [0.15, 0.2) is 42.5 Å². The highest BCUT2D eigenvalue weighted by Crippen LogP contribution is 2.36. The summed E-state index contributed by atoms with van der Waals surface area (Å²) in [5.74, 6) is 1.29.